The lowest BCUT2D eigenvalue weighted by molar-refractivity contribution is 0.381. The second kappa shape index (κ2) is 14.7. The van der Waals surface area contributed by atoms with Gasteiger partial charge in [0, 0.05) is 6.07 Å². The van der Waals surface area contributed by atoms with Gasteiger partial charge in [-0.15, -0.1) is 0 Å². The van der Waals surface area contributed by atoms with Crippen molar-refractivity contribution in [2.24, 2.45) is 5.92 Å². The lowest BCUT2D eigenvalue weighted by Crippen LogP contribution is -2.09. The molecule has 0 aromatic heterocycles. The Morgan fingerprint density at radius 3 is 1.53 bits per heavy atom. The molecule has 0 radical (unpaired) electrons. The molecule has 2 N–H and O–H groups in total. The first-order chi connectivity index (χ1) is 15.0. The smallest absolute Gasteiger partial charge is 0.362 e. The summed E-state index contributed by atoms with van der Waals surface area (Å²) in [7, 11) is -9.55. The van der Waals surface area contributed by atoms with Gasteiger partial charge in [-0.05, 0) is 36.5 Å². The summed E-state index contributed by atoms with van der Waals surface area (Å²) < 4.78 is 70.2. The molecule has 1 aromatic carbocycles. The molecule has 1 aromatic rings. The molecule has 0 fully saturated rings. The molecule has 1 unspecified atom stereocenters. The van der Waals surface area contributed by atoms with Gasteiger partial charge in [-0.3, -0.25) is 9.11 Å². The quantitative estimate of drug-likeness (QED) is 0.190. The molecular weight excluding hydrogens is 456 g/mol. The van der Waals surface area contributed by atoms with E-state index < -0.39 is 20.8 Å². The fraction of sp³-hybridized carbons (Fsp3) is 0.727. The maximum absolute atomic E-state index is 10.9. The summed E-state index contributed by atoms with van der Waals surface area (Å²) >= 11 is 0. The van der Waals surface area contributed by atoms with Crippen LogP contribution in [0.4, 0.5) is 0 Å². The molecule has 0 spiro atoms. The van der Waals surface area contributed by atoms with Crippen LogP contribution in [-0.2, 0) is 27.2 Å². The van der Waals surface area contributed by atoms with Crippen molar-refractivity contribution >= 4 is 20.8 Å². The van der Waals surface area contributed by atoms with Crippen molar-refractivity contribution in [1.82, 2.24) is 0 Å². The zero-order valence-corrected chi connectivity index (χ0v) is 20.8. The predicted octanol–water partition coefficient (Wildman–Crippen LogP) is 5.93. The van der Waals surface area contributed by atoms with Crippen LogP contribution in [0.15, 0.2) is 18.2 Å². The summed E-state index contributed by atoms with van der Waals surface area (Å²) in [6, 6.07) is 3.72. The lowest BCUT2D eigenvalue weighted by Gasteiger charge is -2.09. The topological polar surface area (TPSA) is 127 Å². The van der Waals surface area contributed by atoms with Crippen LogP contribution in [0.2, 0.25) is 0 Å². The number of hydrogen-bond acceptors (Lipinski definition) is 6. The second-order valence-electron chi connectivity index (χ2n) is 8.42. The summed E-state index contributed by atoms with van der Waals surface area (Å²) in [4.78, 5) is 0. The van der Waals surface area contributed by atoms with Gasteiger partial charge in [0.25, 0.3) is 0 Å². The third-order valence-electron chi connectivity index (χ3n) is 5.45. The minimum atomic E-state index is -4.77. The molecule has 0 bridgehead atoms. The molecule has 186 valence electrons. The first-order valence-corrected chi connectivity index (χ1v) is 14.2. The van der Waals surface area contributed by atoms with Gasteiger partial charge in [0.15, 0.2) is 0 Å². The minimum Gasteiger partial charge on any atom is -0.362 e. The highest BCUT2D eigenvalue weighted by Gasteiger charge is 2.14. The number of hydrogen-bond donors (Lipinski definition) is 2. The van der Waals surface area contributed by atoms with E-state index in [0.717, 1.165) is 37.7 Å². The van der Waals surface area contributed by atoms with Crippen molar-refractivity contribution in [3.05, 3.63) is 23.8 Å². The Morgan fingerprint density at radius 1 is 0.719 bits per heavy atom. The fourth-order valence-electron chi connectivity index (χ4n) is 3.55. The maximum atomic E-state index is 10.9. The molecule has 32 heavy (non-hydrogen) atoms. The standard InChI is InChI=1S/C22H38O8S2/c1-3-19(2)14-12-10-8-6-4-5-7-9-11-13-15-20-16-21(29-31(23,24)25)18-22(17-20)30-32(26,27)28/h16-19H,3-15H2,1-2H3,(H,23,24,25)(H,26,27,28). The van der Waals surface area contributed by atoms with E-state index in [1.165, 1.54) is 63.5 Å². The molecule has 10 heteroatoms. The first kappa shape index (κ1) is 28.7. The Bertz CT molecular complexity index is 814. The van der Waals surface area contributed by atoms with Crippen molar-refractivity contribution < 1.29 is 34.3 Å². The van der Waals surface area contributed by atoms with Crippen molar-refractivity contribution in [2.45, 2.75) is 97.3 Å². The normalized spacial score (nSPS) is 13.1. The first-order valence-electron chi connectivity index (χ1n) is 11.5. The van der Waals surface area contributed by atoms with Gasteiger partial charge in [-0.2, -0.15) is 16.8 Å². The number of rotatable bonds is 18. The molecule has 0 heterocycles. The molecule has 0 aliphatic rings. The summed E-state index contributed by atoms with van der Waals surface area (Å²) in [5.74, 6) is 0.246. The largest absolute Gasteiger partial charge is 0.446 e. The average Bonchev–Trinajstić information content (AvgIpc) is 2.65. The van der Waals surface area contributed by atoms with Gasteiger partial charge in [-0.1, -0.05) is 84.5 Å². The van der Waals surface area contributed by atoms with Crippen LogP contribution >= 0.6 is 0 Å². The molecule has 0 amide bonds. The van der Waals surface area contributed by atoms with Gasteiger partial charge >= 0.3 is 20.8 Å². The van der Waals surface area contributed by atoms with Gasteiger partial charge in [0.2, 0.25) is 0 Å². The number of unbranched alkanes of at least 4 members (excludes halogenated alkanes) is 9. The van der Waals surface area contributed by atoms with E-state index in [1.807, 2.05) is 0 Å². The van der Waals surface area contributed by atoms with Crippen LogP contribution in [0.25, 0.3) is 0 Å². The van der Waals surface area contributed by atoms with Crippen molar-refractivity contribution in [3.8, 4) is 11.5 Å². The van der Waals surface area contributed by atoms with Crippen LogP contribution in [0, 0.1) is 5.92 Å². The van der Waals surface area contributed by atoms with E-state index in [0.29, 0.717) is 12.0 Å². The zero-order chi connectivity index (χ0) is 24.0. The Hall–Kier alpha value is -1.36. The Kier molecular flexibility index (Phi) is 13.2. The minimum absolute atomic E-state index is 0.298. The third-order valence-corrected chi connectivity index (χ3v) is 6.26. The Labute approximate surface area is 193 Å². The highest BCUT2D eigenvalue weighted by Crippen LogP contribution is 2.26. The van der Waals surface area contributed by atoms with E-state index >= 15 is 0 Å². The molecule has 1 atom stereocenters. The van der Waals surface area contributed by atoms with Crippen LogP contribution in [-0.4, -0.2) is 25.9 Å². The number of benzene rings is 1. The summed E-state index contributed by atoms with van der Waals surface area (Å²) in [6.07, 6.45) is 14.9. The molecular formula is C22H38O8S2. The van der Waals surface area contributed by atoms with E-state index in [9.17, 15) is 16.8 Å². The fourth-order valence-corrected chi connectivity index (χ4v) is 4.23. The van der Waals surface area contributed by atoms with Gasteiger partial charge in [0.1, 0.15) is 11.5 Å². The SMILES string of the molecule is CCC(C)CCCCCCCCCCCCc1cc(OS(=O)(=O)O)cc(OS(=O)(=O)O)c1. The molecule has 0 saturated carbocycles. The second-order valence-corrected chi connectivity index (χ2v) is 10.5. The summed E-state index contributed by atoms with van der Waals surface area (Å²) in [5, 5.41) is 0. The lowest BCUT2D eigenvalue weighted by atomic mass is 9.99. The van der Waals surface area contributed by atoms with Gasteiger partial charge in [0.05, 0.1) is 0 Å². The maximum Gasteiger partial charge on any atom is 0.446 e. The van der Waals surface area contributed by atoms with Crippen LogP contribution in [0.1, 0.15) is 96.5 Å². The van der Waals surface area contributed by atoms with Crippen LogP contribution in [0.5, 0.6) is 11.5 Å². The van der Waals surface area contributed by atoms with Crippen molar-refractivity contribution in [3.63, 3.8) is 0 Å². The third kappa shape index (κ3) is 15.4. The number of aryl methyl sites for hydroxylation is 1. The van der Waals surface area contributed by atoms with E-state index in [2.05, 4.69) is 22.2 Å². The Balaban J connectivity index is 2.30. The highest BCUT2D eigenvalue weighted by atomic mass is 32.3. The van der Waals surface area contributed by atoms with Crippen molar-refractivity contribution in [1.29, 1.82) is 0 Å². The average molecular weight is 495 g/mol. The molecule has 8 nitrogen and oxygen atoms in total. The van der Waals surface area contributed by atoms with Gasteiger partial charge in [-0.25, -0.2) is 0 Å². The monoisotopic (exact) mass is 494 g/mol. The molecule has 0 saturated heterocycles. The van der Waals surface area contributed by atoms with E-state index in [1.54, 1.807) is 0 Å². The van der Waals surface area contributed by atoms with E-state index in [-0.39, 0.29) is 11.5 Å². The highest BCUT2D eigenvalue weighted by molar-refractivity contribution is 7.81. The summed E-state index contributed by atoms with van der Waals surface area (Å²) in [6.45, 7) is 4.56. The van der Waals surface area contributed by atoms with E-state index in [4.69, 9.17) is 9.11 Å². The van der Waals surface area contributed by atoms with Crippen molar-refractivity contribution in [2.75, 3.05) is 0 Å². The molecule has 0 aliphatic carbocycles. The van der Waals surface area contributed by atoms with Gasteiger partial charge < -0.3 is 8.37 Å². The molecule has 1 rings (SSSR count). The Morgan fingerprint density at radius 2 is 1.12 bits per heavy atom. The van der Waals surface area contributed by atoms with Crippen LogP contribution < -0.4 is 8.37 Å². The predicted molar refractivity (Wildman–Crippen MR) is 125 cm³/mol. The van der Waals surface area contributed by atoms with Crippen LogP contribution in [0.3, 0.4) is 0 Å². The molecule has 0 aliphatic heterocycles. The zero-order valence-electron chi connectivity index (χ0n) is 19.2. The summed E-state index contributed by atoms with van der Waals surface area (Å²) in [5.41, 5.74) is 0.571.